The molecule has 0 aliphatic carbocycles. The summed E-state index contributed by atoms with van der Waals surface area (Å²) in [5, 5.41) is 16.5. The average molecular weight is 427 g/mol. The molecule has 7 nitrogen and oxygen atoms in total. The van der Waals surface area contributed by atoms with E-state index in [1.165, 1.54) is 6.42 Å². The van der Waals surface area contributed by atoms with Crippen molar-refractivity contribution in [3.8, 4) is 16.9 Å². The lowest BCUT2D eigenvalue weighted by Gasteiger charge is -2.09. The average Bonchev–Trinajstić information content (AvgIpc) is 3.36. The van der Waals surface area contributed by atoms with E-state index in [2.05, 4.69) is 20.1 Å². The van der Waals surface area contributed by atoms with Crippen LogP contribution in [-0.2, 0) is 19.5 Å². The summed E-state index contributed by atoms with van der Waals surface area (Å²) < 4.78 is 3.92. The fraction of sp³-hybridized carbons (Fsp3) is 0.280. The van der Waals surface area contributed by atoms with Gasteiger partial charge in [-0.1, -0.05) is 48.9 Å². The van der Waals surface area contributed by atoms with Crippen LogP contribution in [0.3, 0.4) is 0 Å². The second-order valence-corrected chi connectivity index (χ2v) is 8.16. The molecule has 0 saturated carbocycles. The highest BCUT2D eigenvalue weighted by Crippen LogP contribution is 2.27. The highest BCUT2D eigenvalue weighted by Gasteiger charge is 2.21. The normalized spacial score (nSPS) is 13.4. The van der Waals surface area contributed by atoms with Crippen LogP contribution in [0.2, 0.25) is 0 Å². The van der Waals surface area contributed by atoms with Crippen LogP contribution in [-0.4, -0.2) is 30.5 Å². The molecule has 1 aliphatic rings. The van der Waals surface area contributed by atoms with Gasteiger partial charge in [0.05, 0.1) is 17.8 Å². The second kappa shape index (κ2) is 8.78. The minimum Gasteiger partial charge on any atom is -0.345 e. The molecular weight excluding hydrogens is 400 g/mol. The Morgan fingerprint density at radius 3 is 2.66 bits per heavy atom. The van der Waals surface area contributed by atoms with Gasteiger partial charge in [-0.05, 0) is 37.5 Å². The third-order valence-corrected chi connectivity index (χ3v) is 5.97. The molecule has 5 rings (SSSR count). The van der Waals surface area contributed by atoms with E-state index in [0.29, 0.717) is 17.8 Å². The van der Waals surface area contributed by atoms with E-state index in [4.69, 9.17) is 5.10 Å². The molecule has 32 heavy (non-hydrogen) atoms. The Labute approximate surface area is 187 Å². The number of carbonyl (C=O) groups excluding carboxylic acids is 1. The van der Waals surface area contributed by atoms with Crippen LogP contribution >= 0.6 is 0 Å². The molecule has 1 N–H and O–H groups in total. The molecule has 0 fully saturated rings. The maximum Gasteiger partial charge on any atom is 0.255 e. The first kappa shape index (κ1) is 20.2. The van der Waals surface area contributed by atoms with Gasteiger partial charge in [-0.2, -0.15) is 5.10 Å². The van der Waals surface area contributed by atoms with Crippen LogP contribution in [0.1, 0.15) is 46.8 Å². The third-order valence-electron chi connectivity index (χ3n) is 5.97. The van der Waals surface area contributed by atoms with E-state index >= 15 is 0 Å². The van der Waals surface area contributed by atoms with Crippen molar-refractivity contribution in [2.24, 2.45) is 0 Å². The summed E-state index contributed by atoms with van der Waals surface area (Å²) in [5.74, 6) is 1.66. The topological polar surface area (TPSA) is 77.6 Å². The molecule has 7 heteroatoms. The van der Waals surface area contributed by atoms with Crippen LogP contribution in [0, 0.1) is 6.92 Å². The lowest BCUT2D eigenvalue weighted by Crippen LogP contribution is -2.25. The van der Waals surface area contributed by atoms with Crippen LogP contribution < -0.4 is 5.32 Å². The number of benzene rings is 2. The number of aromatic nitrogens is 5. The van der Waals surface area contributed by atoms with Gasteiger partial charge < -0.3 is 9.88 Å². The van der Waals surface area contributed by atoms with E-state index < -0.39 is 0 Å². The Balaban J connectivity index is 1.45. The monoisotopic (exact) mass is 426 g/mol. The third kappa shape index (κ3) is 3.93. The van der Waals surface area contributed by atoms with Gasteiger partial charge in [-0.3, -0.25) is 4.79 Å². The number of hydrogen-bond donors (Lipinski definition) is 1. The van der Waals surface area contributed by atoms with E-state index in [1.54, 1.807) is 10.9 Å². The summed E-state index contributed by atoms with van der Waals surface area (Å²) >= 11 is 0. The van der Waals surface area contributed by atoms with Crippen molar-refractivity contribution in [1.82, 2.24) is 29.9 Å². The Morgan fingerprint density at radius 2 is 1.81 bits per heavy atom. The van der Waals surface area contributed by atoms with Gasteiger partial charge in [0.2, 0.25) is 0 Å². The van der Waals surface area contributed by atoms with Gasteiger partial charge in [-0.25, -0.2) is 4.68 Å². The zero-order valence-electron chi connectivity index (χ0n) is 18.2. The number of para-hydroxylation sites is 1. The maximum absolute atomic E-state index is 13.3. The fourth-order valence-electron chi connectivity index (χ4n) is 4.22. The number of carbonyl (C=O) groups is 1. The maximum atomic E-state index is 13.3. The fourth-order valence-corrected chi connectivity index (χ4v) is 4.22. The van der Waals surface area contributed by atoms with Gasteiger partial charge in [0, 0.05) is 24.7 Å². The SMILES string of the molecule is Cc1ccccc1-c1nn(-c2ccccc2)cc1C(=O)NCc1nnc2n1CCCCC2. The molecule has 0 atom stereocenters. The lowest BCUT2D eigenvalue weighted by molar-refractivity contribution is 0.0950. The predicted molar refractivity (Wildman–Crippen MR) is 122 cm³/mol. The zero-order valence-corrected chi connectivity index (χ0v) is 18.2. The van der Waals surface area contributed by atoms with Crippen molar-refractivity contribution in [2.45, 2.75) is 45.7 Å². The molecule has 0 radical (unpaired) electrons. The van der Waals surface area contributed by atoms with Crippen molar-refractivity contribution in [3.05, 3.63) is 83.6 Å². The minimum absolute atomic E-state index is 0.170. The number of nitrogens with zero attached hydrogens (tertiary/aromatic N) is 5. The smallest absolute Gasteiger partial charge is 0.255 e. The highest BCUT2D eigenvalue weighted by atomic mass is 16.1. The Morgan fingerprint density at radius 1 is 1.00 bits per heavy atom. The molecule has 1 aliphatic heterocycles. The Hall–Kier alpha value is -3.74. The number of rotatable bonds is 5. The van der Waals surface area contributed by atoms with Crippen molar-refractivity contribution in [2.75, 3.05) is 0 Å². The van der Waals surface area contributed by atoms with Gasteiger partial charge in [-0.15, -0.1) is 10.2 Å². The van der Waals surface area contributed by atoms with Gasteiger partial charge in [0.1, 0.15) is 11.5 Å². The van der Waals surface area contributed by atoms with Gasteiger partial charge in [0.15, 0.2) is 5.82 Å². The summed E-state index contributed by atoms with van der Waals surface area (Å²) in [6.07, 6.45) is 6.21. The first-order valence-corrected chi connectivity index (χ1v) is 11.1. The quantitative estimate of drug-likeness (QED) is 0.521. The molecule has 3 heterocycles. The number of hydrogen-bond acceptors (Lipinski definition) is 4. The second-order valence-electron chi connectivity index (χ2n) is 8.16. The molecule has 2 aromatic heterocycles. The van der Waals surface area contributed by atoms with Gasteiger partial charge >= 0.3 is 0 Å². The zero-order chi connectivity index (χ0) is 21.9. The summed E-state index contributed by atoms with van der Waals surface area (Å²) in [6, 6.07) is 17.8. The number of fused-ring (bicyclic) bond motifs is 1. The number of aryl methyl sites for hydroxylation is 2. The Kier molecular flexibility index (Phi) is 5.54. The van der Waals surface area contributed by atoms with E-state index in [-0.39, 0.29) is 5.91 Å². The first-order chi connectivity index (χ1) is 15.7. The molecule has 0 saturated heterocycles. The molecular formula is C25H26N6O. The van der Waals surface area contributed by atoms with Crippen molar-refractivity contribution in [1.29, 1.82) is 0 Å². The van der Waals surface area contributed by atoms with E-state index in [1.807, 2.05) is 61.5 Å². The van der Waals surface area contributed by atoms with Crippen molar-refractivity contribution >= 4 is 5.91 Å². The molecule has 0 unspecified atom stereocenters. The first-order valence-electron chi connectivity index (χ1n) is 11.1. The summed E-state index contributed by atoms with van der Waals surface area (Å²) in [5.41, 5.74) is 4.14. The molecule has 162 valence electrons. The standard InChI is InChI=1S/C25H26N6O/c1-18-10-7-8-13-20(18)24-21(17-31(29-24)19-11-4-2-5-12-19)25(32)26-16-23-28-27-22-14-6-3-9-15-30(22)23/h2,4-5,7-8,10-13,17H,3,6,9,14-16H2,1H3,(H,26,32). The van der Waals surface area contributed by atoms with Crippen LogP contribution in [0.4, 0.5) is 0 Å². The summed E-state index contributed by atoms with van der Waals surface area (Å²) in [7, 11) is 0. The summed E-state index contributed by atoms with van der Waals surface area (Å²) in [4.78, 5) is 13.3. The number of amides is 1. The van der Waals surface area contributed by atoms with Gasteiger partial charge in [0.25, 0.3) is 5.91 Å². The van der Waals surface area contributed by atoms with E-state index in [0.717, 1.165) is 54.3 Å². The molecule has 2 aromatic carbocycles. The van der Waals surface area contributed by atoms with Crippen LogP contribution in [0.25, 0.3) is 16.9 Å². The molecule has 4 aromatic rings. The predicted octanol–water partition coefficient (Wildman–Crippen LogP) is 4.10. The lowest BCUT2D eigenvalue weighted by atomic mass is 10.0. The largest absolute Gasteiger partial charge is 0.345 e. The molecule has 1 amide bonds. The molecule has 0 spiro atoms. The van der Waals surface area contributed by atoms with Crippen LogP contribution in [0.15, 0.2) is 60.8 Å². The Bertz CT molecular complexity index is 1240. The van der Waals surface area contributed by atoms with Crippen molar-refractivity contribution < 1.29 is 4.79 Å². The highest BCUT2D eigenvalue weighted by molar-refractivity contribution is 6.00. The number of nitrogens with one attached hydrogen (secondary N) is 1. The van der Waals surface area contributed by atoms with Crippen LogP contribution in [0.5, 0.6) is 0 Å². The van der Waals surface area contributed by atoms with E-state index in [9.17, 15) is 4.79 Å². The minimum atomic E-state index is -0.170. The summed E-state index contributed by atoms with van der Waals surface area (Å²) in [6.45, 7) is 3.29. The van der Waals surface area contributed by atoms with Crippen molar-refractivity contribution in [3.63, 3.8) is 0 Å². The molecule has 0 bridgehead atoms.